The van der Waals surface area contributed by atoms with E-state index in [1.165, 1.54) is 17.0 Å². The molecule has 37 heavy (non-hydrogen) atoms. The fraction of sp³-hybridized carbons (Fsp3) is 0.241. The molecular weight excluding hydrogens is 487 g/mol. The Kier molecular flexibility index (Phi) is 8.08. The van der Waals surface area contributed by atoms with Gasteiger partial charge >= 0.3 is 0 Å². The normalized spacial score (nSPS) is 12.1. The lowest BCUT2D eigenvalue weighted by Crippen LogP contribution is -2.44. The summed E-state index contributed by atoms with van der Waals surface area (Å²) in [5.74, 6) is -1.01. The summed E-state index contributed by atoms with van der Waals surface area (Å²) in [6, 6.07) is 18.1. The van der Waals surface area contributed by atoms with E-state index in [-0.39, 0.29) is 29.6 Å². The van der Waals surface area contributed by atoms with Gasteiger partial charge in [0.2, 0.25) is 5.91 Å². The van der Waals surface area contributed by atoms with Gasteiger partial charge in [0.05, 0.1) is 0 Å². The van der Waals surface area contributed by atoms with E-state index >= 15 is 0 Å². The highest BCUT2D eigenvalue weighted by Crippen LogP contribution is 2.32. The topological polar surface area (TPSA) is 75.2 Å². The van der Waals surface area contributed by atoms with Crippen molar-refractivity contribution in [2.24, 2.45) is 0 Å². The molecule has 8 heteroatoms. The maximum atomic E-state index is 13.8. The molecule has 2 heterocycles. The fourth-order valence-electron chi connectivity index (χ4n) is 4.03. The SMILES string of the molecule is CC(C)(C)c1ccc(N(C(=O)c2ccns2)C(C(=O)NCCc2cccc(F)c2)c2cccnc2)cc1. The smallest absolute Gasteiger partial charge is 0.270 e. The fourth-order valence-corrected chi connectivity index (χ4v) is 4.56. The molecule has 1 unspecified atom stereocenters. The molecule has 0 aliphatic rings. The highest BCUT2D eigenvalue weighted by molar-refractivity contribution is 7.08. The predicted octanol–water partition coefficient (Wildman–Crippen LogP) is 5.72. The first-order valence-corrected chi connectivity index (χ1v) is 12.8. The number of hydrogen-bond donors (Lipinski definition) is 1. The summed E-state index contributed by atoms with van der Waals surface area (Å²) < 4.78 is 17.7. The third kappa shape index (κ3) is 6.46. The first-order chi connectivity index (χ1) is 17.7. The number of amides is 2. The molecule has 0 fully saturated rings. The maximum absolute atomic E-state index is 13.8. The van der Waals surface area contributed by atoms with Crippen molar-refractivity contribution >= 4 is 29.0 Å². The number of pyridine rings is 1. The summed E-state index contributed by atoms with van der Waals surface area (Å²) >= 11 is 1.08. The van der Waals surface area contributed by atoms with Crippen LogP contribution < -0.4 is 10.2 Å². The highest BCUT2D eigenvalue weighted by atomic mass is 32.1. The second-order valence-electron chi connectivity index (χ2n) is 9.71. The Hall–Kier alpha value is -3.91. The number of carbonyl (C=O) groups excluding carboxylic acids is 2. The summed E-state index contributed by atoms with van der Waals surface area (Å²) in [5, 5.41) is 2.94. The van der Waals surface area contributed by atoms with E-state index < -0.39 is 6.04 Å². The molecule has 0 radical (unpaired) electrons. The van der Waals surface area contributed by atoms with E-state index in [9.17, 15) is 14.0 Å². The van der Waals surface area contributed by atoms with Crippen LogP contribution in [-0.4, -0.2) is 27.7 Å². The van der Waals surface area contributed by atoms with E-state index in [1.54, 1.807) is 42.9 Å². The third-order valence-corrected chi connectivity index (χ3v) is 6.72. The molecule has 0 aliphatic heterocycles. The van der Waals surface area contributed by atoms with Crippen molar-refractivity contribution in [3.05, 3.63) is 113 Å². The van der Waals surface area contributed by atoms with Crippen molar-refractivity contribution in [2.75, 3.05) is 11.4 Å². The van der Waals surface area contributed by atoms with Gasteiger partial charge in [-0.15, -0.1) is 0 Å². The minimum absolute atomic E-state index is 0.0674. The molecule has 2 aromatic heterocycles. The lowest BCUT2D eigenvalue weighted by Gasteiger charge is -2.31. The van der Waals surface area contributed by atoms with Crippen LogP contribution in [-0.2, 0) is 16.6 Å². The number of benzene rings is 2. The first-order valence-electron chi connectivity index (χ1n) is 12.0. The molecule has 1 N–H and O–H groups in total. The number of carbonyl (C=O) groups is 2. The van der Waals surface area contributed by atoms with Gasteiger partial charge in [-0.2, -0.15) is 0 Å². The Labute approximate surface area is 220 Å². The Morgan fingerprint density at radius 3 is 2.43 bits per heavy atom. The van der Waals surface area contributed by atoms with Gasteiger partial charge < -0.3 is 5.32 Å². The number of aromatic nitrogens is 2. The van der Waals surface area contributed by atoms with Gasteiger partial charge in [-0.05, 0) is 70.9 Å². The van der Waals surface area contributed by atoms with Gasteiger partial charge in [0.1, 0.15) is 16.7 Å². The van der Waals surface area contributed by atoms with Gasteiger partial charge in [-0.25, -0.2) is 8.76 Å². The van der Waals surface area contributed by atoms with Crippen LogP contribution >= 0.6 is 11.5 Å². The Morgan fingerprint density at radius 2 is 1.81 bits per heavy atom. The third-order valence-electron chi connectivity index (χ3n) is 5.99. The molecule has 0 spiro atoms. The number of anilines is 1. The van der Waals surface area contributed by atoms with Gasteiger partial charge in [-0.1, -0.05) is 51.1 Å². The van der Waals surface area contributed by atoms with Crippen molar-refractivity contribution in [3.63, 3.8) is 0 Å². The van der Waals surface area contributed by atoms with Crippen LogP contribution in [0.5, 0.6) is 0 Å². The average Bonchev–Trinajstić information content (AvgIpc) is 3.42. The van der Waals surface area contributed by atoms with E-state index in [0.717, 1.165) is 22.7 Å². The summed E-state index contributed by atoms with van der Waals surface area (Å²) in [7, 11) is 0. The number of rotatable bonds is 8. The minimum atomic E-state index is -0.976. The Bertz CT molecular complexity index is 1340. The van der Waals surface area contributed by atoms with Crippen LogP contribution in [0.3, 0.4) is 0 Å². The molecule has 2 amide bonds. The van der Waals surface area contributed by atoms with Crippen LogP contribution in [0.2, 0.25) is 0 Å². The largest absolute Gasteiger partial charge is 0.354 e. The molecule has 0 aliphatic carbocycles. The van der Waals surface area contributed by atoms with E-state index in [0.29, 0.717) is 22.5 Å². The van der Waals surface area contributed by atoms with Crippen LogP contribution in [0.4, 0.5) is 10.1 Å². The molecule has 0 saturated carbocycles. The van der Waals surface area contributed by atoms with Crippen molar-refractivity contribution in [1.82, 2.24) is 14.7 Å². The molecule has 1 atom stereocenters. The molecular formula is C29H29FN4O2S. The lowest BCUT2D eigenvalue weighted by molar-refractivity contribution is -0.122. The second kappa shape index (κ2) is 11.4. The minimum Gasteiger partial charge on any atom is -0.354 e. The molecule has 0 bridgehead atoms. The second-order valence-corrected chi connectivity index (χ2v) is 10.5. The maximum Gasteiger partial charge on any atom is 0.270 e. The molecule has 6 nitrogen and oxygen atoms in total. The van der Waals surface area contributed by atoms with Gasteiger partial charge in [0.15, 0.2) is 0 Å². The van der Waals surface area contributed by atoms with Crippen molar-refractivity contribution < 1.29 is 14.0 Å². The zero-order chi connectivity index (χ0) is 26.4. The van der Waals surface area contributed by atoms with Crippen LogP contribution in [0.1, 0.15) is 53.2 Å². The van der Waals surface area contributed by atoms with Crippen molar-refractivity contribution in [1.29, 1.82) is 0 Å². The average molecular weight is 517 g/mol. The number of halogens is 1. The summed E-state index contributed by atoms with van der Waals surface area (Å²) in [6.45, 7) is 6.64. The zero-order valence-corrected chi connectivity index (χ0v) is 21.8. The quantitative estimate of drug-likeness (QED) is 0.325. The Balaban J connectivity index is 1.69. The standard InChI is InChI=1S/C29H29FN4O2S/c1-29(2,3)22-9-11-24(12-10-22)34(28(36)25-14-17-33-37-25)26(21-7-5-15-31-19-21)27(35)32-16-13-20-6-4-8-23(30)18-20/h4-12,14-15,17-19,26H,13,16H2,1-3H3,(H,32,35). The summed E-state index contributed by atoms with van der Waals surface area (Å²) in [6.07, 6.45) is 5.23. The molecule has 0 saturated heterocycles. The molecule has 4 rings (SSSR count). The highest BCUT2D eigenvalue weighted by Gasteiger charge is 2.34. The van der Waals surface area contributed by atoms with E-state index in [1.807, 2.05) is 30.3 Å². The summed E-state index contributed by atoms with van der Waals surface area (Å²) in [5.41, 5.74) is 2.97. The predicted molar refractivity (Wildman–Crippen MR) is 144 cm³/mol. The monoisotopic (exact) mass is 516 g/mol. The summed E-state index contributed by atoms with van der Waals surface area (Å²) in [4.78, 5) is 33.6. The van der Waals surface area contributed by atoms with Crippen LogP contribution in [0.15, 0.2) is 85.3 Å². The van der Waals surface area contributed by atoms with E-state index in [2.05, 4.69) is 35.4 Å². The van der Waals surface area contributed by atoms with Gasteiger partial charge in [0, 0.05) is 36.4 Å². The number of hydrogen-bond acceptors (Lipinski definition) is 5. The van der Waals surface area contributed by atoms with Gasteiger partial charge in [-0.3, -0.25) is 19.5 Å². The zero-order valence-electron chi connectivity index (χ0n) is 21.0. The number of nitrogens with one attached hydrogen (secondary N) is 1. The Morgan fingerprint density at radius 1 is 1.03 bits per heavy atom. The van der Waals surface area contributed by atoms with Gasteiger partial charge in [0.25, 0.3) is 5.91 Å². The van der Waals surface area contributed by atoms with Crippen LogP contribution in [0, 0.1) is 5.82 Å². The van der Waals surface area contributed by atoms with Crippen LogP contribution in [0.25, 0.3) is 0 Å². The molecule has 2 aromatic carbocycles. The molecule has 4 aromatic rings. The first kappa shape index (κ1) is 26.2. The van der Waals surface area contributed by atoms with Crippen molar-refractivity contribution in [3.8, 4) is 0 Å². The van der Waals surface area contributed by atoms with E-state index in [4.69, 9.17) is 0 Å². The van der Waals surface area contributed by atoms with Crippen molar-refractivity contribution in [2.45, 2.75) is 38.6 Å². The molecule has 190 valence electrons. The number of nitrogens with zero attached hydrogens (tertiary/aromatic N) is 3. The lowest BCUT2D eigenvalue weighted by atomic mass is 9.87.